The lowest BCUT2D eigenvalue weighted by atomic mass is 10.1. The van der Waals surface area contributed by atoms with E-state index in [0.29, 0.717) is 13.2 Å². The smallest absolute Gasteiger partial charge is 0.0698 e. The molecule has 0 bridgehead atoms. The molecule has 0 aromatic heterocycles. The average molecular weight is 278 g/mol. The van der Waals surface area contributed by atoms with Crippen molar-refractivity contribution >= 4 is 5.69 Å². The molecule has 1 aliphatic rings. The number of benzene rings is 1. The van der Waals surface area contributed by atoms with Gasteiger partial charge in [-0.05, 0) is 31.0 Å². The molecule has 0 aliphatic carbocycles. The minimum absolute atomic E-state index is 0.112. The van der Waals surface area contributed by atoms with Crippen LogP contribution in [0.1, 0.15) is 11.1 Å². The van der Waals surface area contributed by atoms with Crippen LogP contribution >= 0.6 is 0 Å². The van der Waals surface area contributed by atoms with Crippen LogP contribution in [0.25, 0.3) is 0 Å². The summed E-state index contributed by atoms with van der Waals surface area (Å²) in [5.41, 5.74) is 4.06. The second kappa shape index (κ2) is 7.62. The van der Waals surface area contributed by atoms with Crippen molar-refractivity contribution in [3.63, 3.8) is 0 Å². The largest absolute Gasteiger partial charge is 0.394 e. The van der Waals surface area contributed by atoms with E-state index in [1.165, 1.54) is 16.8 Å². The van der Waals surface area contributed by atoms with Gasteiger partial charge in [-0.2, -0.15) is 0 Å². The lowest BCUT2D eigenvalue weighted by Crippen LogP contribution is -2.47. The third-order valence-electron chi connectivity index (χ3n) is 3.87. The normalized spacial score (nSPS) is 16.6. The van der Waals surface area contributed by atoms with Gasteiger partial charge in [-0.1, -0.05) is 12.1 Å². The topological polar surface area (TPSA) is 35.9 Å². The Hall–Kier alpha value is -1.10. The molecule has 4 nitrogen and oxygen atoms in total. The molecule has 4 heteroatoms. The molecule has 1 fully saturated rings. The second-order valence-electron chi connectivity index (χ2n) is 5.45. The maximum atomic E-state index is 8.67. The molecule has 0 amide bonds. The average Bonchev–Trinajstić information content (AvgIpc) is 2.47. The van der Waals surface area contributed by atoms with Gasteiger partial charge in [0.2, 0.25) is 0 Å². The summed E-state index contributed by atoms with van der Waals surface area (Å²) in [6, 6.07) is 6.67. The summed E-state index contributed by atoms with van der Waals surface area (Å²) in [6.07, 6.45) is 0. The number of aryl methyl sites for hydroxylation is 2. The van der Waals surface area contributed by atoms with E-state index in [0.717, 1.165) is 32.7 Å². The number of hydrogen-bond acceptors (Lipinski definition) is 4. The Bertz CT molecular complexity index is 415. The Labute approximate surface area is 122 Å². The fourth-order valence-electron chi connectivity index (χ4n) is 2.63. The van der Waals surface area contributed by atoms with Gasteiger partial charge in [0.25, 0.3) is 0 Å². The standard InChI is InChI=1S/C16H26N2O2/c1-14-3-4-15(2)16(13-14)18-7-5-17(6-8-18)9-11-20-12-10-19/h3-4,13,19H,5-12H2,1-2H3. The molecule has 2 rings (SSSR count). The van der Waals surface area contributed by atoms with Gasteiger partial charge >= 0.3 is 0 Å². The van der Waals surface area contributed by atoms with Crippen molar-refractivity contribution in [2.45, 2.75) is 13.8 Å². The molecule has 0 unspecified atom stereocenters. The minimum Gasteiger partial charge on any atom is -0.394 e. The molecule has 1 aromatic carbocycles. The highest BCUT2D eigenvalue weighted by atomic mass is 16.5. The third-order valence-corrected chi connectivity index (χ3v) is 3.87. The van der Waals surface area contributed by atoms with Gasteiger partial charge in [-0.25, -0.2) is 0 Å². The van der Waals surface area contributed by atoms with E-state index in [2.05, 4.69) is 41.8 Å². The van der Waals surface area contributed by atoms with E-state index in [1.54, 1.807) is 0 Å². The summed E-state index contributed by atoms with van der Waals surface area (Å²) in [5, 5.41) is 8.67. The van der Waals surface area contributed by atoms with Crippen LogP contribution in [0.2, 0.25) is 0 Å². The van der Waals surface area contributed by atoms with E-state index in [9.17, 15) is 0 Å². The van der Waals surface area contributed by atoms with E-state index >= 15 is 0 Å². The second-order valence-corrected chi connectivity index (χ2v) is 5.45. The van der Waals surface area contributed by atoms with Crippen LogP contribution < -0.4 is 4.90 Å². The van der Waals surface area contributed by atoms with Crippen LogP contribution in [0.4, 0.5) is 5.69 Å². The molecular weight excluding hydrogens is 252 g/mol. The first-order valence-electron chi connectivity index (χ1n) is 7.44. The minimum atomic E-state index is 0.112. The monoisotopic (exact) mass is 278 g/mol. The molecule has 20 heavy (non-hydrogen) atoms. The Morgan fingerprint density at radius 3 is 2.55 bits per heavy atom. The molecule has 0 spiro atoms. The lowest BCUT2D eigenvalue weighted by Gasteiger charge is -2.36. The van der Waals surface area contributed by atoms with Crippen LogP contribution in [0.5, 0.6) is 0 Å². The Morgan fingerprint density at radius 1 is 1.10 bits per heavy atom. The molecule has 0 atom stereocenters. The van der Waals surface area contributed by atoms with Crippen LogP contribution in [-0.4, -0.2) is 62.6 Å². The van der Waals surface area contributed by atoms with Gasteiger partial charge in [-0.3, -0.25) is 4.90 Å². The number of rotatable bonds is 6. The molecule has 0 radical (unpaired) electrons. The van der Waals surface area contributed by atoms with Crippen molar-refractivity contribution in [2.75, 3.05) is 57.4 Å². The van der Waals surface area contributed by atoms with Gasteiger partial charge in [0.05, 0.1) is 19.8 Å². The van der Waals surface area contributed by atoms with E-state index in [1.807, 2.05) is 0 Å². The number of anilines is 1. The summed E-state index contributed by atoms with van der Waals surface area (Å²) in [6.45, 7) is 10.9. The summed E-state index contributed by atoms with van der Waals surface area (Å²) >= 11 is 0. The highest BCUT2D eigenvalue weighted by Crippen LogP contribution is 2.22. The first-order valence-corrected chi connectivity index (χ1v) is 7.44. The molecule has 1 aromatic rings. The molecule has 112 valence electrons. The highest BCUT2D eigenvalue weighted by Gasteiger charge is 2.18. The van der Waals surface area contributed by atoms with E-state index in [4.69, 9.17) is 9.84 Å². The predicted molar refractivity (Wildman–Crippen MR) is 82.5 cm³/mol. The van der Waals surface area contributed by atoms with Crippen molar-refractivity contribution < 1.29 is 9.84 Å². The van der Waals surface area contributed by atoms with Crippen molar-refractivity contribution in [2.24, 2.45) is 0 Å². The van der Waals surface area contributed by atoms with Gasteiger partial charge in [0, 0.05) is 38.4 Å². The SMILES string of the molecule is Cc1ccc(C)c(N2CCN(CCOCCO)CC2)c1. The Balaban J connectivity index is 1.80. The van der Waals surface area contributed by atoms with Crippen LogP contribution in [0.3, 0.4) is 0 Å². The number of ether oxygens (including phenoxy) is 1. The Morgan fingerprint density at radius 2 is 1.85 bits per heavy atom. The zero-order chi connectivity index (χ0) is 14.4. The summed E-state index contributed by atoms with van der Waals surface area (Å²) in [7, 11) is 0. The first kappa shape index (κ1) is 15.3. The first-order chi connectivity index (χ1) is 9.70. The number of piperazine rings is 1. The zero-order valence-electron chi connectivity index (χ0n) is 12.6. The fourth-order valence-corrected chi connectivity index (χ4v) is 2.63. The lowest BCUT2D eigenvalue weighted by molar-refractivity contribution is 0.0724. The summed E-state index contributed by atoms with van der Waals surface area (Å²) in [5.74, 6) is 0. The number of aliphatic hydroxyl groups excluding tert-OH is 1. The zero-order valence-corrected chi connectivity index (χ0v) is 12.6. The summed E-state index contributed by atoms with van der Waals surface area (Å²) < 4.78 is 5.33. The van der Waals surface area contributed by atoms with Crippen LogP contribution in [0, 0.1) is 13.8 Å². The van der Waals surface area contributed by atoms with Crippen LogP contribution in [0.15, 0.2) is 18.2 Å². The van der Waals surface area contributed by atoms with Crippen molar-refractivity contribution in [1.82, 2.24) is 4.90 Å². The number of nitrogens with zero attached hydrogens (tertiary/aromatic N) is 2. The van der Waals surface area contributed by atoms with E-state index in [-0.39, 0.29) is 6.61 Å². The van der Waals surface area contributed by atoms with Gasteiger partial charge in [-0.15, -0.1) is 0 Å². The molecule has 1 aliphatic heterocycles. The molecular formula is C16H26N2O2. The molecule has 0 saturated carbocycles. The number of aliphatic hydroxyl groups is 1. The van der Waals surface area contributed by atoms with Gasteiger partial charge < -0.3 is 14.7 Å². The molecule has 1 saturated heterocycles. The van der Waals surface area contributed by atoms with Gasteiger partial charge in [0.1, 0.15) is 0 Å². The number of hydrogen-bond donors (Lipinski definition) is 1. The van der Waals surface area contributed by atoms with Crippen molar-refractivity contribution in [1.29, 1.82) is 0 Å². The summed E-state index contributed by atoms with van der Waals surface area (Å²) in [4.78, 5) is 4.91. The predicted octanol–water partition coefficient (Wildman–Crippen LogP) is 1.43. The third kappa shape index (κ3) is 4.20. The van der Waals surface area contributed by atoms with Crippen molar-refractivity contribution in [3.05, 3.63) is 29.3 Å². The maximum Gasteiger partial charge on any atom is 0.0698 e. The van der Waals surface area contributed by atoms with Crippen LogP contribution in [-0.2, 0) is 4.74 Å². The van der Waals surface area contributed by atoms with E-state index < -0.39 is 0 Å². The highest BCUT2D eigenvalue weighted by molar-refractivity contribution is 5.55. The molecule has 1 N–H and O–H groups in total. The quantitative estimate of drug-likeness (QED) is 0.799. The van der Waals surface area contributed by atoms with Crippen molar-refractivity contribution in [3.8, 4) is 0 Å². The maximum absolute atomic E-state index is 8.67. The Kier molecular flexibility index (Phi) is 5.83. The molecule has 1 heterocycles. The fraction of sp³-hybridized carbons (Fsp3) is 0.625. The van der Waals surface area contributed by atoms with Gasteiger partial charge in [0.15, 0.2) is 0 Å².